The molecule has 4 heterocycles. The summed E-state index contributed by atoms with van der Waals surface area (Å²) >= 11 is 0. The summed E-state index contributed by atoms with van der Waals surface area (Å²) in [6.45, 7) is 2.48. The van der Waals surface area contributed by atoms with E-state index in [-0.39, 0.29) is 17.9 Å². The van der Waals surface area contributed by atoms with E-state index >= 15 is 0 Å². The van der Waals surface area contributed by atoms with Crippen molar-refractivity contribution in [1.29, 1.82) is 0 Å². The van der Waals surface area contributed by atoms with Crippen LogP contribution in [0.5, 0.6) is 0 Å². The van der Waals surface area contributed by atoms with Crippen LogP contribution in [0.2, 0.25) is 0 Å². The van der Waals surface area contributed by atoms with Crippen LogP contribution in [0.4, 0.5) is 13.2 Å². The standard InChI is InChI=1S/C23H26F3N5O/c24-23(25,26)17-6-14-11-30(5-3-19(14)27-10-17)21(32)22-4-1-2-16(22)7-18(8-22)31-12-15-9-28-29-20(15)13-31/h6,9-10,16,18H,1-5,7-8,11-13H2,(H,28,29)/t16-,18-,22-/m1/s1. The zero-order valence-corrected chi connectivity index (χ0v) is 17.8. The molecule has 170 valence electrons. The number of aromatic amines is 1. The Morgan fingerprint density at radius 3 is 2.88 bits per heavy atom. The minimum Gasteiger partial charge on any atom is -0.337 e. The molecule has 2 saturated carbocycles. The maximum atomic E-state index is 13.9. The molecule has 2 aromatic rings. The van der Waals surface area contributed by atoms with Gasteiger partial charge in [-0.2, -0.15) is 18.3 Å². The lowest BCUT2D eigenvalue weighted by Crippen LogP contribution is -2.47. The Morgan fingerprint density at radius 1 is 1.19 bits per heavy atom. The first kappa shape index (κ1) is 20.2. The molecular weight excluding hydrogens is 419 g/mol. The predicted molar refractivity (Wildman–Crippen MR) is 109 cm³/mol. The van der Waals surface area contributed by atoms with Crippen molar-refractivity contribution in [1.82, 2.24) is 25.0 Å². The average molecular weight is 445 g/mol. The molecule has 3 atom stereocenters. The molecule has 4 aliphatic rings. The van der Waals surface area contributed by atoms with Gasteiger partial charge in [0.25, 0.3) is 0 Å². The Morgan fingerprint density at radius 2 is 2.06 bits per heavy atom. The zero-order chi connectivity index (χ0) is 22.1. The van der Waals surface area contributed by atoms with Gasteiger partial charge in [-0.1, -0.05) is 6.42 Å². The van der Waals surface area contributed by atoms with Crippen molar-refractivity contribution in [2.75, 3.05) is 6.54 Å². The number of carbonyl (C=O) groups excluding carboxylic acids is 1. The van der Waals surface area contributed by atoms with E-state index < -0.39 is 11.7 Å². The molecule has 2 aromatic heterocycles. The highest BCUT2D eigenvalue weighted by molar-refractivity contribution is 5.84. The zero-order valence-electron chi connectivity index (χ0n) is 17.8. The number of amides is 1. The van der Waals surface area contributed by atoms with Crippen LogP contribution in [-0.4, -0.2) is 43.5 Å². The first-order valence-electron chi connectivity index (χ1n) is 11.4. The van der Waals surface area contributed by atoms with E-state index in [1.165, 1.54) is 17.3 Å². The van der Waals surface area contributed by atoms with Gasteiger partial charge in [0.1, 0.15) is 0 Å². The van der Waals surface area contributed by atoms with Crippen LogP contribution in [-0.2, 0) is 37.0 Å². The lowest BCUT2D eigenvalue weighted by molar-refractivity contribution is -0.144. The van der Waals surface area contributed by atoms with Crippen molar-refractivity contribution in [3.63, 3.8) is 0 Å². The Labute approximate surface area is 184 Å². The van der Waals surface area contributed by atoms with Gasteiger partial charge in [-0.15, -0.1) is 0 Å². The second-order valence-electron chi connectivity index (χ2n) is 9.92. The second-order valence-corrected chi connectivity index (χ2v) is 9.92. The number of hydrogen-bond donors (Lipinski definition) is 1. The fourth-order valence-corrected chi connectivity index (χ4v) is 6.65. The number of halogens is 3. The fourth-order valence-electron chi connectivity index (χ4n) is 6.65. The van der Waals surface area contributed by atoms with Gasteiger partial charge in [0.2, 0.25) is 5.91 Å². The molecule has 9 heteroatoms. The highest BCUT2D eigenvalue weighted by Crippen LogP contribution is 2.57. The Balaban J connectivity index is 1.22. The fraction of sp³-hybridized carbons (Fsp3) is 0.609. The van der Waals surface area contributed by atoms with E-state index in [1.54, 1.807) is 4.90 Å². The van der Waals surface area contributed by atoms with Gasteiger partial charge < -0.3 is 4.90 Å². The van der Waals surface area contributed by atoms with Crippen LogP contribution in [0.1, 0.15) is 60.2 Å². The average Bonchev–Trinajstić information content (AvgIpc) is 3.50. The van der Waals surface area contributed by atoms with Gasteiger partial charge in [-0.3, -0.25) is 19.8 Å². The summed E-state index contributed by atoms with van der Waals surface area (Å²) in [5.74, 6) is 0.503. The van der Waals surface area contributed by atoms with Crippen LogP contribution in [0.15, 0.2) is 18.5 Å². The van der Waals surface area contributed by atoms with Crippen LogP contribution in [0.3, 0.4) is 0 Å². The van der Waals surface area contributed by atoms with Gasteiger partial charge in [-0.05, 0) is 43.2 Å². The highest BCUT2D eigenvalue weighted by atomic mass is 19.4. The quantitative estimate of drug-likeness (QED) is 0.766. The number of nitrogens with one attached hydrogen (secondary N) is 1. The van der Waals surface area contributed by atoms with Crippen LogP contribution in [0.25, 0.3) is 0 Å². The number of H-pyrrole nitrogens is 1. The summed E-state index contributed by atoms with van der Waals surface area (Å²) < 4.78 is 39.5. The van der Waals surface area contributed by atoms with Crippen molar-refractivity contribution in [3.8, 4) is 0 Å². The Bertz CT molecular complexity index is 1050. The molecule has 1 amide bonds. The number of nitrogens with zero attached hydrogens (tertiary/aromatic N) is 4. The summed E-state index contributed by atoms with van der Waals surface area (Å²) in [5, 5.41) is 7.19. The number of rotatable bonds is 2. The molecule has 0 aromatic carbocycles. The first-order valence-corrected chi connectivity index (χ1v) is 11.4. The van der Waals surface area contributed by atoms with Crippen molar-refractivity contribution >= 4 is 5.91 Å². The summed E-state index contributed by atoms with van der Waals surface area (Å²) in [6.07, 6.45) is 3.75. The van der Waals surface area contributed by atoms with Gasteiger partial charge in [-0.25, -0.2) is 0 Å². The molecule has 2 fully saturated rings. The van der Waals surface area contributed by atoms with Crippen LogP contribution < -0.4 is 0 Å². The third kappa shape index (κ3) is 3.08. The minimum absolute atomic E-state index is 0.143. The van der Waals surface area contributed by atoms with E-state index in [0.717, 1.165) is 51.4 Å². The van der Waals surface area contributed by atoms with E-state index in [9.17, 15) is 18.0 Å². The van der Waals surface area contributed by atoms with E-state index in [2.05, 4.69) is 20.1 Å². The van der Waals surface area contributed by atoms with Crippen molar-refractivity contribution < 1.29 is 18.0 Å². The maximum absolute atomic E-state index is 13.9. The molecule has 2 aliphatic carbocycles. The third-order valence-corrected chi connectivity index (χ3v) is 8.25. The summed E-state index contributed by atoms with van der Waals surface area (Å²) in [7, 11) is 0. The molecule has 1 N–H and O–H groups in total. The number of aromatic nitrogens is 3. The Kier molecular flexibility index (Phi) is 4.44. The highest BCUT2D eigenvalue weighted by Gasteiger charge is 2.57. The van der Waals surface area contributed by atoms with Gasteiger partial charge in [0.05, 0.1) is 22.9 Å². The summed E-state index contributed by atoms with van der Waals surface area (Å²) in [4.78, 5) is 22.2. The number of fused-ring (bicyclic) bond motifs is 3. The lowest BCUT2D eigenvalue weighted by Gasteiger charge is -2.37. The largest absolute Gasteiger partial charge is 0.417 e. The predicted octanol–water partition coefficient (Wildman–Crippen LogP) is 3.67. The lowest BCUT2D eigenvalue weighted by atomic mass is 9.78. The van der Waals surface area contributed by atoms with Gasteiger partial charge in [0.15, 0.2) is 0 Å². The molecule has 6 nitrogen and oxygen atoms in total. The molecule has 0 radical (unpaired) electrons. The van der Waals surface area contributed by atoms with Crippen molar-refractivity contribution in [2.24, 2.45) is 11.3 Å². The number of carbonyl (C=O) groups is 1. The van der Waals surface area contributed by atoms with Gasteiger partial charge in [0, 0.05) is 56.1 Å². The van der Waals surface area contributed by atoms with Crippen molar-refractivity contribution in [3.05, 3.63) is 46.5 Å². The number of alkyl halides is 3. The van der Waals surface area contributed by atoms with E-state index in [1.807, 2.05) is 6.20 Å². The molecule has 0 bridgehead atoms. The van der Waals surface area contributed by atoms with E-state index in [0.29, 0.717) is 36.2 Å². The number of pyridine rings is 1. The van der Waals surface area contributed by atoms with E-state index in [4.69, 9.17) is 0 Å². The third-order valence-electron chi connectivity index (χ3n) is 8.25. The van der Waals surface area contributed by atoms with Gasteiger partial charge >= 0.3 is 6.18 Å². The molecular formula is C23H26F3N5O. The smallest absolute Gasteiger partial charge is 0.337 e. The Hall–Kier alpha value is -2.42. The molecule has 0 unspecified atom stereocenters. The second kappa shape index (κ2) is 7.04. The maximum Gasteiger partial charge on any atom is 0.417 e. The van der Waals surface area contributed by atoms with Crippen LogP contribution in [0, 0.1) is 11.3 Å². The molecule has 0 spiro atoms. The first-order chi connectivity index (χ1) is 15.3. The molecule has 32 heavy (non-hydrogen) atoms. The molecule has 6 rings (SSSR count). The van der Waals surface area contributed by atoms with Crippen molar-refractivity contribution in [2.45, 2.75) is 70.4 Å². The SMILES string of the molecule is O=C(N1CCc2ncc(C(F)(F)F)cc2C1)[C@@]12CCC[C@@H]1C[C@@H](N1Cc3cn[nH]c3C1)C2. The molecule has 0 saturated heterocycles. The molecule has 2 aliphatic heterocycles. The topological polar surface area (TPSA) is 65.1 Å². The summed E-state index contributed by atoms with van der Waals surface area (Å²) in [6, 6.07) is 1.54. The normalized spacial score (nSPS) is 29.8. The monoisotopic (exact) mass is 445 g/mol. The summed E-state index contributed by atoms with van der Waals surface area (Å²) in [5.41, 5.74) is 2.51. The minimum atomic E-state index is -4.42. The number of hydrogen-bond acceptors (Lipinski definition) is 4. The van der Waals surface area contributed by atoms with Crippen LogP contribution >= 0.6 is 0 Å².